The highest BCUT2D eigenvalue weighted by Gasteiger charge is 1.95. The normalized spacial score (nSPS) is 9.87. The molecule has 15 heavy (non-hydrogen) atoms. The van der Waals surface area contributed by atoms with Crippen molar-refractivity contribution in [3.63, 3.8) is 0 Å². The predicted octanol–water partition coefficient (Wildman–Crippen LogP) is 1.13. The fourth-order valence-electron chi connectivity index (χ4n) is 1.08. The Morgan fingerprint density at radius 1 is 1.33 bits per heavy atom. The molecule has 0 fully saturated rings. The summed E-state index contributed by atoms with van der Waals surface area (Å²) in [4.78, 5) is 14.2. The molecule has 5 nitrogen and oxygen atoms in total. The molecule has 1 aromatic carbocycles. The molecule has 76 valence electrons. The zero-order valence-corrected chi connectivity index (χ0v) is 7.91. The van der Waals surface area contributed by atoms with Gasteiger partial charge in [-0.05, 0) is 24.3 Å². The Hall–Kier alpha value is -2.17. The van der Waals surface area contributed by atoms with E-state index in [2.05, 4.69) is 10.1 Å². The summed E-state index contributed by atoms with van der Waals surface area (Å²) in [7, 11) is 0. The van der Waals surface area contributed by atoms with Crippen molar-refractivity contribution in [1.82, 2.24) is 14.8 Å². The summed E-state index contributed by atoms with van der Waals surface area (Å²) in [6, 6.07) is 6.87. The number of ether oxygens (including phenoxy) is 1. The molecule has 0 radical (unpaired) electrons. The maximum absolute atomic E-state index is 10.4. The molecule has 0 spiro atoms. The average Bonchev–Trinajstić information content (AvgIpc) is 2.80. The number of carbonyl (C=O) groups excluding carboxylic acids is 1. The van der Waals surface area contributed by atoms with E-state index >= 15 is 0 Å². The second kappa shape index (κ2) is 4.36. The fourth-order valence-corrected chi connectivity index (χ4v) is 1.08. The maximum Gasteiger partial charge on any atom is 0.182 e. The van der Waals surface area contributed by atoms with Crippen molar-refractivity contribution in [2.75, 3.05) is 0 Å². The summed E-state index contributed by atoms with van der Waals surface area (Å²) < 4.78 is 6.96. The summed E-state index contributed by atoms with van der Waals surface area (Å²) >= 11 is 0. The number of nitrogens with zero attached hydrogens (tertiary/aromatic N) is 3. The van der Waals surface area contributed by atoms with Gasteiger partial charge in [0.2, 0.25) is 0 Å². The molecule has 2 rings (SSSR count). The number of hydrogen-bond donors (Lipinski definition) is 0. The molecule has 0 atom stereocenters. The minimum atomic E-state index is 0.306. The van der Waals surface area contributed by atoms with Gasteiger partial charge in [-0.3, -0.25) is 4.79 Å². The molecule has 1 aromatic heterocycles. The lowest BCUT2D eigenvalue weighted by molar-refractivity contribution is 0.112. The lowest BCUT2D eigenvalue weighted by Gasteiger charge is -2.04. The summed E-state index contributed by atoms with van der Waals surface area (Å²) in [6.07, 6.45) is 3.81. The van der Waals surface area contributed by atoms with Crippen LogP contribution >= 0.6 is 0 Å². The van der Waals surface area contributed by atoms with E-state index in [0.717, 1.165) is 6.29 Å². The number of rotatable bonds is 4. The van der Waals surface area contributed by atoms with Crippen molar-refractivity contribution in [3.05, 3.63) is 42.5 Å². The minimum absolute atomic E-state index is 0.306. The lowest BCUT2D eigenvalue weighted by Crippen LogP contribution is -2.05. The van der Waals surface area contributed by atoms with Crippen LogP contribution in [0.25, 0.3) is 0 Å². The number of benzene rings is 1. The zero-order valence-electron chi connectivity index (χ0n) is 7.91. The Balaban J connectivity index is 1.96. The van der Waals surface area contributed by atoms with Crippen LogP contribution in [0.4, 0.5) is 0 Å². The first kappa shape index (κ1) is 9.39. The van der Waals surface area contributed by atoms with E-state index < -0.39 is 0 Å². The van der Waals surface area contributed by atoms with E-state index in [4.69, 9.17) is 4.74 Å². The van der Waals surface area contributed by atoms with Gasteiger partial charge in [-0.1, -0.05) is 0 Å². The van der Waals surface area contributed by atoms with Gasteiger partial charge in [-0.15, -0.1) is 0 Å². The van der Waals surface area contributed by atoms with Gasteiger partial charge in [-0.25, -0.2) is 9.67 Å². The van der Waals surface area contributed by atoms with Crippen LogP contribution in [0.3, 0.4) is 0 Å². The molecular formula is C10H9N3O2. The molecule has 0 unspecified atom stereocenters. The van der Waals surface area contributed by atoms with Gasteiger partial charge in [-0.2, -0.15) is 5.10 Å². The van der Waals surface area contributed by atoms with E-state index in [-0.39, 0.29) is 0 Å². The Morgan fingerprint density at radius 2 is 2.13 bits per heavy atom. The molecule has 1 heterocycles. The first-order chi connectivity index (χ1) is 7.38. The minimum Gasteiger partial charge on any atom is -0.471 e. The van der Waals surface area contributed by atoms with Crippen molar-refractivity contribution in [2.45, 2.75) is 6.73 Å². The Bertz CT molecular complexity index is 422. The molecule has 0 saturated heterocycles. The van der Waals surface area contributed by atoms with Gasteiger partial charge < -0.3 is 4.74 Å². The molecule has 0 aliphatic heterocycles. The van der Waals surface area contributed by atoms with Crippen molar-refractivity contribution in [3.8, 4) is 5.75 Å². The standard InChI is InChI=1S/C10H9N3O2/c14-5-9-1-3-10(4-2-9)15-8-13-7-11-6-12-13/h1-7H,8H2. The van der Waals surface area contributed by atoms with Crippen LogP contribution in [0.15, 0.2) is 36.9 Å². The highest BCUT2D eigenvalue weighted by atomic mass is 16.5. The van der Waals surface area contributed by atoms with E-state index in [0.29, 0.717) is 18.0 Å². The molecule has 2 aromatic rings. The van der Waals surface area contributed by atoms with Crippen LogP contribution in [-0.2, 0) is 6.73 Å². The van der Waals surface area contributed by atoms with Gasteiger partial charge in [0.15, 0.2) is 6.73 Å². The van der Waals surface area contributed by atoms with E-state index in [1.165, 1.54) is 6.33 Å². The molecule has 0 N–H and O–H groups in total. The monoisotopic (exact) mass is 203 g/mol. The van der Waals surface area contributed by atoms with Gasteiger partial charge >= 0.3 is 0 Å². The van der Waals surface area contributed by atoms with Crippen LogP contribution in [-0.4, -0.2) is 21.1 Å². The highest BCUT2D eigenvalue weighted by molar-refractivity contribution is 5.74. The van der Waals surface area contributed by atoms with Crippen LogP contribution < -0.4 is 4.74 Å². The average molecular weight is 203 g/mol. The van der Waals surface area contributed by atoms with E-state index in [1.807, 2.05) is 0 Å². The second-order valence-electron chi connectivity index (χ2n) is 2.90. The van der Waals surface area contributed by atoms with Gasteiger partial charge in [0.1, 0.15) is 24.7 Å². The van der Waals surface area contributed by atoms with Crippen molar-refractivity contribution < 1.29 is 9.53 Å². The Kier molecular flexibility index (Phi) is 2.73. The smallest absolute Gasteiger partial charge is 0.182 e. The largest absolute Gasteiger partial charge is 0.471 e. The Labute approximate surface area is 86.3 Å². The SMILES string of the molecule is O=Cc1ccc(OCn2cncn2)cc1. The maximum atomic E-state index is 10.4. The van der Waals surface area contributed by atoms with E-state index in [1.54, 1.807) is 35.3 Å². The zero-order chi connectivity index (χ0) is 10.5. The van der Waals surface area contributed by atoms with Crippen LogP contribution in [0.1, 0.15) is 10.4 Å². The third-order valence-electron chi connectivity index (χ3n) is 1.85. The molecule has 0 bridgehead atoms. The highest BCUT2D eigenvalue weighted by Crippen LogP contribution is 2.11. The molecule has 0 saturated carbocycles. The Morgan fingerprint density at radius 3 is 2.73 bits per heavy atom. The predicted molar refractivity (Wildman–Crippen MR) is 52.5 cm³/mol. The second-order valence-corrected chi connectivity index (χ2v) is 2.90. The van der Waals surface area contributed by atoms with Gasteiger partial charge in [0.05, 0.1) is 0 Å². The number of hydrogen-bond acceptors (Lipinski definition) is 4. The quantitative estimate of drug-likeness (QED) is 0.699. The fraction of sp³-hybridized carbons (Fsp3) is 0.100. The van der Waals surface area contributed by atoms with Crippen molar-refractivity contribution in [2.24, 2.45) is 0 Å². The third-order valence-corrected chi connectivity index (χ3v) is 1.85. The summed E-state index contributed by atoms with van der Waals surface area (Å²) in [5.74, 6) is 0.691. The number of carbonyl (C=O) groups is 1. The third kappa shape index (κ3) is 2.40. The number of aromatic nitrogens is 3. The number of aldehydes is 1. The summed E-state index contributed by atoms with van der Waals surface area (Å²) in [5.41, 5.74) is 0.628. The van der Waals surface area contributed by atoms with Crippen LogP contribution in [0.5, 0.6) is 5.75 Å². The topological polar surface area (TPSA) is 57.0 Å². The summed E-state index contributed by atoms with van der Waals surface area (Å²) in [5, 5.41) is 3.89. The van der Waals surface area contributed by atoms with Crippen LogP contribution in [0, 0.1) is 0 Å². The molecular weight excluding hydrogens is 194 g/mol. The van der Waals surface area contributed by atoms with Crippen molar-refractivity contribution >= 4 is 6.29 Å². The van der Waals surface area contributed by atoms with E-state index in [9.17, 15) is 4.79 Å². The molecule has 5 heteroatoms. The van der Waals surface area contributed by atoms with Crippen LogP contribution in [0.2, 0.25) is 0 Å². The van der Waals surface area contributed by atoms with Gasteiger partial charge in [0.25, 0.3) is 0 Å². The summed E-state index contributed by atoms with van der Waals surface area (Å²) in [6.45, 7) is 0.306. The molecule has 0 amide bonds. The first-order valence-corrected chi connectivity index (χ1v) is 4.39. The molecule has 0 aliphatic rings. The van der Waals surface area contributed by atoms with Gasteiger partial charge in [0, 0.05) is 5.56 Å². The lowest BCUT2D eigenvalue weighted by atomic mass is 10.2. The first-order valence-electron chi connectivity index (χ1n) is 4.39. The van der Waals surface area contributed by atoms with Crippen molar-refractivity contribution in [1.29, 1.82) is 0 Å². The molecule has 0 aliphatic carbocycles.